The van der Waals surface area contributed by atoms with Crippen LogP contribution in [-0.4, -0.2) is 222 Å². The van der Waals surface area contributed by atoms with E-state index in [1.54, 1.807) is 125 Å². The van der Waals surface area contributed by atoms with E-state index in [0.29, 0.717) is 76.7 Å². The molecule has 2 unspecified atom stereocenters. The van der Waals surface area contributed by atoms with Crippen LogP contribution in [0.3, 0.4) is 0 Å². The number of amides is 1. The highest BCUT2D eigenvalue weighted by Gasteiger charge is 2.40. The number of anilines is 8. The molecule has 2 atom stereocenters. The summed E-state index contributed by atoms with van der Waals surface area (Å²) in [5.74, 6) is 9.35. The fraction of sp³-hybridized carbons (Fsp3) is 0.286. The number of aryl methyl sites for hydroxylation is 3. The highest BCUT2D eigenvalue weighted by molar-refractivity contribution is 5.88. The van der Waals surface area contributed by atoms with Crippen LogP contribution in [0.5, 0.6) is 51.9 Å². The highest BCUT2D eigenvalue weighted by Crippen LogP contribution is 2.50. The first kappa shape index (κ1) is 104. The number of benzene rings is 8. The zero-order valence-electron chi connectivity index (χ0n) is 86.3. The van der Waals surface area contributed by atoms with Crippen LogP contribution in [0.1, 0.15) is 76.7 Å². The molecule has 1 aliphatic heterocycles. The number of hydrogen-bond donors (Lipinski definition) is 2. The molecule has 150 heavy (non-hydrogen) atoms. The van der Waals surface area contributed by atoms with E-state index in [2.05, 4.69) is 144 Å². The summed E-state index contributed by atoms with van der Waals surface area (Å²) in [6, 6.07) is 48.8. The van der Waals surface area contributed by atoms with Crippen molar-refractivity contribution in [1.82, 2.24) is 105 Å². The topological polar surface area (TPSA) is 359 Å². The summed E-state index contributed by atoms with van der Waals surface area (Å²) < 4.78 is 92.7. The molecule has 1 saturated carbocycles. The molecule has 770 valence electrons. The van der Waals surface area contributed by atoms with Gasteiger partial charge in [0.05, 0.1) is 193 Å². The Morgan fingerprint density at radius 1 is 0.427 bits per heavy atom. The molecule has 1 amide bonds. The molecule has 38 heteroatoms. The molecule has 11 heterocycles. The van der Waals surface area contributed by atoms with E-state index in [0.717, 1.165) is 188 Å². The van der Waals surface area contributed by atoms with Gasteiger partial charge in [0.25, 0.3) is 0 Å². The normalized spacial score (nSPS) is 13.1. The number of methoxy groups -OCH3 is 9. The van der Waals surface area contributed by atoms with Gasteiger partial charge in [-0.05, 0) is 141 Å². The average Bonchev–Trinajstić information content (AvgIpc) is 1.71. The van der Waals surface area contributed by atoms with Gasteiger partial charge in [0.15, 0.2) is 23.1 Å². The predicted molar refractivity (Wildman–Crippen MR) is 573 cm³/mol. The van der Waals surface area contributed by atoms with Crippen LogP contribution in [0.4, 0.5) is 54.3 Å². The Balaban J connectivity index is 0.000000136. The molecule has 2 N–H and O–H groups in total. The second-order valence-corrected chi connectivity index (χ2v) is 36.1. The minimum atomic E-state index is -0.921. The molecule has 8 aromatic carbocycles. The lowest BCUT2D eigenvalue weighted by Gasteiger charge is -2.27. The summed E-state index contributed by atoms with van der Waals surface area (Å²) in [6.07, 6.45) is 30.5. The molecule has 20 rings (SSSR count). The van der Waals surface area contributed by atoms with Crippen molar-refractivity contribution in [2.75, 3.05) is 130 Å². The van der Waals surface area contributed by atoms with Gasteiger partial charge in [-0.15, -0.1) is 0 Å². The number of ether oxygens (including phenoxy) is 10. The van der Waals surface area contributed by atoms with Crippen molar-refractivity contribution in [3.8, 4) is 109 Å². The summed E-state index contributed by atoms with van der Waals surface area (Å²) in [4.78, 5) is 70.8. The number of halogens is 2. The van der Waals surface area contributed by atoms with E-state index in [1.807, 2.05) is 161 Å². The van der Waals surface area contributed by atoms with Crippen molar-refractivity contribution in [2.45, 2.75) is 77.4 Å². The molecule has 18 aromatic rings. The predicted octanol–water partition coefficient (Wildman–Crippen LogP) is 18.8. The first-order chi connectivity index (χ1) is 72.9. The van der Waals surface area contributed by atoms with Crippen molar-refractivity contribution in [3.05, 3.63) is 268 Å². The summed E-state index contributed by atoms with van der Waals surface area (Å²) in [5.41, 5.74) is 19.6. The van der Waals surface area contributed by atoms with Gasteiger partial charge >= 0.3 is 0 Å². The molecule has 2 fully saturated rings. The Morgan fingerprint density at radius 3 is 1.25 bits per heavy atom. The minimum Gasteiger partial charge on any atom is -0.497 e. The third-order valence-electron chi connectivity index (χ3n) is 25.2. The Kier molecular flexibility index (Phi) is 33.3. The second-order valence-electron chi connectivity index (χ2n) is 36.1. The largest absolute Gasteiger partial charge is 0.497 e. The third kappa shape index (κ3) is 25.4. The van der Waals surface area contributed by atoms with Crippen LogP contribution in [-0.2, 0) is 30.7 Å². The monoisotopic (exact) mass is 2030 g/mol. The van der Waals surface area contributed by atoms with E-state index in [9.17, 15) is 4.79 Å². The standard InChI is InChI=1S/C29H36N6O3.C29H28N6O2.C28H23F2N7O3.C26H30N6O3/c1-20(2)30-9-10-34(24-13-25(36-3)16-26(14-24)37-4)23-5-6-27-28(15-23)33-29(18-31-27)21-17-32-35(19-21)22-7-11-38-12-8-22;1-34-17-21(15-32-34)29-16-31-27-5-4-22(13-28(27)33-29)35(23-11-24(36-2)14-25(12-23)37-3)18-20-10-26(20)19-6-8-30-9-7-19;1-36-16-17(14-33-36)21-15-32-19-8-7-18(12-20(19)34-21)37(11-5-6-24-31-10-9-25(35-24)40-4)28-26(29)22(38-2)13-23(39-3)27(28)30;1-17(2)29-26(33)8-9-32(20-10-21(34-4)13-22(11-20)35-5)19-6-7-23-24(12-19)30-25(15-27-23)18-14-28-31(3)16-18/h5-6,13-20,22,30H,7-12H2,1-4H3;4-9,11-17,20,26H,10,18H2,1-3H3;7-10,12-16H,11H2,1-4H3;6-7,10-17H,8-9H2,1-5H3,(H,29,33). The summed E-state index contributed by atoms with van der Waals surface area (Å²) in [6.45, 7) is 12.5. The number of nitrogens with zero attached hydrogens (tertiary/aromatic N) is 23. The smallest absolute Gasteiger partial charge is 0.221 e. The Labute approximate surface area is 866 Å². The van der Waals surface area contributed by atoms with Crippen LogP contribution in [0.2, 0.25) is 0 Å². The van der Waals surface area contributed by atoms with Crippen molar-refractivity contribution < 1.29 is 60.9 Å². The number of pyridine rings is 1. The van der Waals surface area contributed by atoms with Crippen LogP contribution in [0, 0.1) is 29.4 Å². The highest BCUT2D eigenvalue weighted by atomic mass is 19.1. The first-order valence-electron chi connectivity index (χ1n) is 48.8. The van der Waals surface area contributed by atoms with E-state index in [1.165, 1.54) is 38.0 Å². The van der Waals surface area contributed by atoms with Gasteiger partial charge in [0.2, 0.25) is 17.6 Å². The lowest BCUT2D eigenvalue weighted by molar-refractivity contribution is -0.121. The number of nitrogens with one attached hydrogen (secondary N) is 2. The molecule has 0 bridgehead atoms. The van der Waals surface area contributed by atoms with Gasteiger partial charge in [-0.2, -0.15) is 25.4 Å². The molecule has 36 nitrogen and oxygen atoms in total. The summed E-state index contributed by atoms with van der Waals surface area (Å²) >= 11 is 0. The van der Waals surface area contributed by atoms with Crippen LogP contribution >= 0.6 is 0 Å². The van der Waals surface area contributed by atoms with Crippen LogP contribution < -0.4 is 72.9 Å². The molecular weight excluding hydrogens is 1910 g/mol. The van der Waals surface area contributed by atoms with Crippen molar-refractivity contribution in [3.63, 3.8) is 0 Å². The molecular formula is C112H117F2N25O11. The van der Waals surface area contributed by atoms with Gasteiger partial charge in [-0.25, -0.2) is 33.7 Å². The summed E-state index contributed by atoms with van der Waals surface area (Å²) in [7, 11) is 19.5. The van der Waals surface area contributed by atoms with E-state index in [4.69, 9.17) is 72.3 Å². The van der Waals surface area contributed by atoms with Crippen LogP contribution in [0.15, 0.2) is 245 Å². The fourth-order valence-electron chi connectivity index (χ4n) is 17.4. The fourth-order valence-corrected chi connectivity index (χ4v) is 17.4. The summed E-state index contributed by atoms with van der Waals surface area (Å²) in [5, 5.41) is 23.8. The van der Waals surface area contributed by atoms with Gasteiger partial charge in [-0.1, -0.05) is 19.8 Å². The zero-order chi connectivity index (χ0) is 105. The lowest BCUT2D eigenvalue weighted by Crippen LogP contribution is -2.33. The Hall–Kier alpha value is -17.6. The zero-order valence-corrected chi connectivity index (χ0v) is 86.3. The average molecular weight is 2030 g/mol. The van der Waals surface area contributed by atoms with Crippen molar-refractivity contribution >= 4 is 95.5 Å². The molecule has 0 radical (unpaired) electrons. The Bertz CT molecular complexity index is 7730. The molecule has 2 aliphatic rings. The molecule has 1 aliphatic carbocycles. The van der Waals surface area contributed by atoms with E-state index < -0.39 is 17.3 Å². The first-order valence-corrected chi connectivity index (χ1v) is 48.8. The molecule has 0 spiro atoms. The number of carbonyl (C=O) groups excluding carboxylic acids is 1. The lowest BCUT2D eigenvalue weighted by atomic mass is 10.1. The third-order valence-corrected chi connectivity index (χ3v) is 25.2. The van der Waals surface area contributed by atoms with Crippen molar-refractivity contribution in [2.24, 2.45) is 27.1 Å². The van der Waals surface area contributed by atoms with Crippen LogP contribution in [0.25, 0.3) is 89.2 Å². The van der Waals surface area contributed by atoms with E-state index >= 15 is 8.78 Å². The minimum absolute atomic E-state index is 0.0145. The number of aromatic nitrogens is 19. The van der Waals surface area contributed by atoms with Gasteiger partial charge < -0.3 is 77.6 Å². The quantitative estimate of drug-likeness (QED) is 0.0354. The molecule has 1 saturated heterocycles. The SMILES string of the molecule is COc1cc(OC)cc(N(CC2CC2c2ccncc2)c2ccc3ncc(-c4cnn(C)c4)nc3c2)c1.COc1cc(OC)cc(N(CCC(=O)NC(C)C)c2ccc3ncc(-c4cnn(C)c4)nc3c2)c1.COc1cc(OC)cc(N(CCNC(C)C)c2ccc3ncc(-c4cnn(C5CCOCC5)c4)nc3c2)c1.COc1ccnc(C#CCN(c2ccc3ncc(-c4cnn(C)c4)nc3c2)c2c(F)c(OC)cc(OC)c2F)n1. The maximum Gasteiger partial charge on any atom is 0.221 e. The number of rotatable bonds is 34. The maximum atomic E-state index is 15.6. The van der Waals surface area contributed by atoms with Gasteiger partial charge in [-0.3, -0.25) is 48.4 Å². The maximum absolute atomic E-state index is 15.6. The van der Waals surface area contributed by atoms with E-state index in [-0.39, 0.29) is 35.8 Å². The van der Waals surface area contributed by atoms with Gasteiger partial charge in [0, 0.05) is 251 Å². The number of fused-ring (bicyclic) bond motifs is 4. The Morgan fingerprint density at radius 2 is 0.840 bits per heavy atom. The van der Waals surface area contributed by atoms with Gasteiger partial charge in [0.1, 0.15) is 40.2 Å². The molecule has 10 aromatic heterocycles. The second kappa shape index (κ2) is 48.2. The number of carbonyl (C=O) groups is 1. The number of hydrogen-bond acceptors (Lipinski definition) is 31. The van der Waals surface area contributed by atoms with Crippen molar-refractivity contribution in [1.29, 1.82) is 0 Å².